The number of aryl methyl sites for hydroxylation is 1. The average Bonchev–Trinajstić information content (AvgIpc) is 2.46. The Bertz CT molecular complexity index is 520. The quantitative estimate of drug-likeness (QED) is 0.862. The first kappa shape index (κ1) is 14.4. The molecule has 1 heterocycles. The van der Waals surface area contributed by atoms with Gasteiger partial charge in [-0.3, -0.25) is 0 Å². The topological polar surface area (TPSA) is 41.6 Å². The van der Waals surface area contributed by atoms with E-state index in [1.54, 1.807) is 0 Å². The van der Waals surface area contributed by atoms with Gasteiger partial charge in [-0.25, -0.2) is 4.79 Å². The number of carbonyl (C=O) groups is 1. The van der Waals surface area contributed by atoms with E-state index in [4.69, 9.17) is 4.74 Å². The van der Waals surface area contributed by atoms with Gasteiger partial charge in [-0.2, -0.15) is 0 Å². The zero-order valence-corrected chi connectivity index (χ0v) is 12.9. The van der Waals surface area contributed by atoms with Crippen molar-refractivity contribution in [2.75, 3.05) is 18.4 Å². The van der Waals surface area contributed by atoms with Gasteiger partial charge >= 0.3 is 6.03 Å². The van der Waals surface area contributed by atoms with Gasteiger partial charge < -0.3 is 15.0 Å². The number of anilines is 1. The van der Waals surface area contributed by atoms with Crippen molar-refractivity contribution in [2.24, 2.45) is 0 Å². The molecule has 0 radical (unpaired) electrons. The predicted molar refractivity (Wildman–Crippen MR) is 83.7 cm³/mol. The number of hydrogen-bond donors (Lipinski definition) is 1. The number of nitrogens with one attached hydrogen (secondary N) is 1. The van der Waals surface area contributed by atoms with Gasteiger partial charge in [-0.05, 0) is 56.7 Å². The summed E-state index contributed by atoms with van der Waals surface area (Å²) in [6, 6.07) is 6.25. The number of nitrogens with zero attached hydrogens (tertiary/aromatic N) is 1. The van der Waals surface area contributed by atoms with Crippen molar-refractivity contribution in [1.82, 2.24) is 4.90 Å². The Balaban J connectivity index is 1.73. The molecule has 4 nitrogen and oxygen atoms in total. The maximum Gasteiger partial charge on any atom is 0.322 e. The molecule has 1 N–H and O–H groups in total. The van der Waals surface area contributed by atoms with Gasteiger partial charge in [-0.1, -0.05) is 12.1 Å². The van der Waals surface area contributed by atoms with Crippen LogP contribution in [0.4, 0.5) is 10.5 Å². The summed E-state index contributed by atoms with van der Waals surface area (Å²) in [5, 5.41) is 3.11. The molecule has 0 aromatic heterocycles. The van der Waals surface area contributed by atoms with E-state index in [0.717, 1.165) is 18.5 Å². The van der Waals surface area contributed by atoms with Crippen LogP contribution in [0.2, 0.25) is 0 Å². The number of ether oxygens (including phenoxy) is 1. The molecule has 2 aliphatic rings. The van der Waals surface area contributed by atoms with Crippen molar-refractivity contribution in [1.29, 1.82) is 0 Å². The molecule has 1 fully saturated rings. The van der Waals surface area contributed by atoms with Crippen molar-refractivity contribution in [2.45, 2.75) is 51.7 Å². The van der Waals surface area contributed by atoms with E-state index in [-0.39, 0.29) is 18.2 Å². The summed E-state index contributed by atoms with van der Waals surface area (Å²) < 4.78 is 5.69. The Kier molecular flexibility index (Phi) is 4.15. The van der Waals surface area contributed by atoms with Gasteiger partial charge in [-0.15, -0.1) is 0 Å². The molecule has 3 rings (SSSR count). The molecule has 1 saturated heterocycles. The van der Waals surface area contributed by atoms with E-state index in [0.29, 0.717) is 13.1 Å². The first-order valence-corrected chi connectivity index (χ1v) is 7.95. The fourth-order valence-electron chi connectivity index (χ4n) is 3.44. The van der Waals surface area contributed by atoms with Crippen molar-refractivity contribution in [3.8, 4) is 0 Å². The zero-order chi connectivity index (χ0) is 14.8. The third kappa shape index (κ3) is 3.21. The van der Waals surface area contributed by atoms with Gasteiger partial charge in [0.15, 0.2) is 0 Å². The van der Waals surface area contributed by atoms with E-state index in [1.165, 1.54) is 24.0 Å². The standard InChI is InChI=1S/C17H24N2O2/c1-12-10-19(11-13(2)21-12)17(20)18-16-9-5-7-14-6-3-4-8-15(14)16/h5,7,9,12-13H,3-4,6,8,10-11H2,1-2H3,(H,18,20)/t12-,13-/m0/s1. The Hall–Kier alpha value is -1.55. The number of fused-ring (bicyclic) bond motifs is 1. The van der Waals surface area contributed by atoms with Crippen molar-refractivity contribution < 1.29 is 9.53 Å². The van der Waals surface area contributed by atoms with Gasteiger partial charge in [0.2, 0.25) is 0 Å². The van der Waals surface area contributed by atoms with E-state index in [9.17, 15) is 4.79 Å². The van der Waals surface area contributed by atoms with Crippen LogP contribution in [-0.4, -0.2) is 36.2 Å². The second-order valence-electron chi connectivity index (χ2n) is 6.24. The monoisotopic (exact) mass is 288 g/mol. The molecule has 2 atom stereocenters. The number of benzene rings is 1. The van der Waals surface area contributed by atoms with Crippen LogP contribution < -0.4 is 5.32 Å². The molecular weight excluding hydrogens is 264 g/mol. The molecule has 4 heteroatoms. The maximum absolute atomic E-state index is 12.5. The highest BCUT2D eigenvalue weighted by Gasteiger charge is 2.26. The van der Waals surface area contributed by atoms with Crippen molar-refractivity contribution >= 4 is 11.7 Å². The van der Waals surface area contributed by atoms with Crippen molar-refractivity contribution in [3.05, 3.63) is 29.3 Å². The largest absolute Gasteiger partial charge is 0.372 e. The van der Waals surface area contributed by atoms with Crippen LogP contribution in [0.3, 0.4) is 0 Å². The molecule has 1 aliphatic heterocycles. The van der Waals surface area contributed by atoms with E-state index < -0.39 is 0 Å². The fourth-order valence-corrected chi connectivity index (χ4v) is 3.44. The molecule has 0 unspecified atom stereocenters. The third-order valence-corrected chi connectivity index (χ3v) is 4.34. The van der Waals surface area contributed by atoms with Gasteiger partial charge in [0.05, 0.1) is 12.2 Å². The minimum absolute atomic E-state index is 0.00373. The lowest BCUT2D eigenvalue weighted by Crippen LogP contribution is -2.49. The third-order valence-electron chi connectivity index (χ3n) is 4.34. The number of rotatable bonds is 1. The fraction of sp³-hybridized carbons (Fsp3) is 0.588. The Morgan fingerprint density at radius 3 is 2.67 bits per heavy atom. The van der Waals surface area contributed by atoms with Gasteiger partial charge in [0.25, 0.3) is 0 Å². The smallest absolute Gasteiger partial charge is 0.322 e. The molecule has 21 heavy (non-hydrogen) atoms. The summed E-state index contributed by atoms with van der Waals surface area (Å²) >= 11 is 0. The van der Waals surface area contributed by atoms with E-state index in [1.807, 2.05) is 30.9 Å². The zero-order valence-electron chi connectivity index (χ0n) is 12.9. The molecule has 2 amide bonds. The average molecular weight is 288 g/mol. The summed E-state index contributed by atoms with van der Waals surface area (Å²) in [4.78, 5) is 14.4. The van der Waals surface area contributed by atoms with Crippen LogP contribution >= 0.6 is 0 Å². The lowest BCUT2D eigenvalue weighted by molar-refractivity contribution is -0.0530. The summed E-state index contributed by atoms with van der Waals surface area (Å²) in [5.41, 5.74) is 3.71. The maximum atomic E-state index is 12.5. The summed E-state index contributed by atoms with van der Waals surface area (Å²) in [6.45, 7) is 5.34. The van der Waals surface area contributed by atoms with Crippen LogP contribution in [0, 0.1) is 0 Å². The molecule has 0 saturated carbocycles. The van der Waals surface area contributed by atoms with Crippen molar-refractivity contribution in [3.63, 3.8) is 0 Å². The minimum atomic E-state index is -0.00373. The minimum Gasteiger partial charge on any atom is -0.372 e. The summed E-state index contributed by atoms with van der Waals surface area (Å²) in [6.07, 6.45) is 4.87. The number of amides is 2. The SMILES string of the molecule is C[C@H]1CN(C(=O)Nc2cccc3c2CCCC3)C[C@H](C)O1. The van der Waals surface area contributed by atoms with Crippen LogP contribution in [0.1, 0.15) is 37.8 Å². The van der Waals surface area contributed by atoms with Gasteiger partial charge in [0, 0.05) is 18.8 Å². The molecule has 0 spiro atoms. The number of urea groups is 1. The number of morpholine rings is 1. The summed E-state index contributed by atoms with van der Waals surface area (Å²) in [7, 11) is 0. The molecular formula is C17H24N2O2. The highest BCUT2D eigenvalue weighted by atomic mass is 16.5. The predicted octanol–water partition coefficient (Wildman–Crippen LogP) is 3.21. The number of carbonyl (C=O) groups excluding carboxylic acids is 1. The Labute approximate surface area is 126 Å². The molecule has 1 aromatic carbocycles. The molecule has 114 valence electrons. The molecule has 0 bridgehead atoms. The van der Waals surface area contributed by atoms with Crippen LogP contribution in [0.5, 0.6) is 0 Å². The molecule has 1 aliphatic carbocycles. The van der Waals surface area contributed by atoms with Gasteiger partial charge in [0.1, 0.15) is 0 Å². The second-order valence-corrected chi connectivity index (χ2v) is 6.24. The van der Waals surface area contributed by atoms with Crippen LogP contribution in [-0.2, 0) is 17.6 Å². The number of hydrogen-bond acceptors (Lipinski definition) is 2. The lowest BCUT2D eigenvalue weighted by Gasteiger charge is -2.35. The molecule has 1 aromatic rings. The van der Waals surface area contributed by atoms with E-state index >= 15 is 0 Å². The Morgan fingerprint density at radius 2 is 1.90 bits per heavy atom. The summed E-state index contributed by atoms with van der Waals surface area (Å²) in [5.74, 6) is 0. The highest BCUT2D eigenvalue weighted by Crippen LogP contribution is 2.28. The van der Waals surface area contributed by atoms with Crippen LogP contribution in [0.15, 0.2) is 18.2 Å². The lowest BCUT2D eigenvalue weighted by atomic mass is 9.90. The Morgan fingerprint density at radius 1 is 1.19 bits per heavy atom. The first-order chi connectivity index (χ1) is 10.1. The van der Waals surface area contributed by atoms with E-state index in [2.05, 4.69) is 11.4 Å². The highest BCUT2D eigenvalue weighted by molar-refractivity contribution is 5.90. The normalized spacial score (nSPS) is 25.3. The first-order valence-electron chi connectivity index (χ1n) is 7.95. The second kappa shape index (κ2) is 6.06. The van der Waals surface area contributed by atoms with Crippen LogP contribution in [0.25, 0.3) is 0 Å².